The SMILES string of the molecule is Cc1ccc(C(C)NCCc2ncn(C)n2)cc1F. The van der Waals surface area contributed by atoms with Crippen LogP contribution in [0.2, 0.25) is 0 Å². The van der Waals surface area contributed by atoms with Crippen molar-refractivity contribution >= 4 is 0 Å². The molecule has 1 aromatic carbocycles. The Kier molecular flexibility index (Phi) is 4.27. The Morgan fingerprint density at radius 3 is 2.84 bits per heavy atom. The number of hydrogen-bond acceptors (Lipinski definition) is 3. The quantitative estimate of drug-likeness (QED) is 0.898. The molecule has 0 amide bonds. The van der Waals surface area contributed by atoms with Gasteiger partial charge in [0.1, 0.15) is 12.1 Å². The van der Waals surface area contributed by atoms with Crippen molar-refractivity contribution in [2.24, 2.45) is 7.05 Å². The number of nitrogens with one attached hydrogen (secondary N) is 1. The summed E-state index contributed by atoms with van der Waals surface area (Å²) >= 11 is 0. The minimum atomic E-state index is -0.155. The van der Waals surface area contributed by atoms with Crippen molar-refractivity contribution in [2.45, 2.75) is 26.3 Å². The van der Waals surface area contributed by atoms with Crippen LogP contribution in [0.5, 0.6) is 0 Å². The molecule has 1 atom stereocenters. The summed E-state index contributed by atoms with van der Waals surface area (Å²) in [6.07, 6.45) is 2.45. The van der Waals surface area contributed by atoms with Crippen molar-refractivity contribution in [2.75, 3.05) is 6.54 Å². The van der Waals surface area contributed by atoms with Gasteiger partial charge in [0.05, 0.1) is 0 Å². The second-order valence-corrected chi connectivity index (χ2v) is 4.77. The number of hydrogen-bond donors (Lipinski definition) is 1. The van der Waals surface area contributed by atoms with Gasteiger partial charge in [0.15, 0.2) is 5.82 Å². The van der Waals surface area contributed by atoms with E-state index < -0.39 is 0 Å². The van der Waals surface area contributed by atoms with Gasteiger partial charge in [-0.3, -0.25) is 4.68 Å². The third-order valence-electron chi connectivity index (χ3n) is 3.14. The van der Waals surface area contributed by atoms with Crippen LogP contribution in [0.4, 0.5) is 4.39 Å². The first-order valence-corrected chi connectivity index (χ1v) is 6.40. The fourth-order valence-corrected chi connectivity index (χ4v) is 1.90. The predicted octanol–water partition coefficient (Wildman–Crippen LogP) is 2.16. The molecule has 0 radical (unpaired) electrons. The lowest BCUT2D eigenvalue weighted by Gasteiger charge is -2.14. The van der Waals surface area contributed by atoms with E-state index in [1.54, 1.807) is 24.0 Å². The highest BCUT2D eigenvalue weighted by Gasteiger charge is 2.07. The zero-order valence-corrected chi connectivity index (χ0v) is 11.5. The molecule has 0 spiro atoms. The van der Waals surface area contributed by atoms with Crippen molar-refractivity contribution in [1.29, 1.82) is 0 Å². The van der Waals surface area contributed by atoms with E-state index in [4.69, 9.17) is 0 Å². The summed E-state index contributed by atoms with van der Waals surface area (Å²) in [5.74, 6) is 0.662. The molecule has 4 nitrogen and oxygen atoms in total. The molecule has 1 heterocycles. The van der Waals surface area contributed by atoms with Gasteiger partial charge in [0, 0.05) is 26.1 Å². The summed E-state index contributed by atoms with van der Waals surface area (Å²) in [4.78, 5) is 4.16. The van der Waals surface area contributed by atoms with Gasteiger partial charge in [-0.2, -0.15) is 5.10 Å². The molecule has 1 unspecified atom stereocenters. The van der Waals surface area contributed by atoms with Gasteiger partial charge in [-0.1, -0.05) is 12.1 Å². The van der Waals surface area contributed by atoms with E-state index in [9.17, 15) is 4.39 Å². The summed E-state index contributed by atoms with van der Waals surface area (Å²) in [5.41, 5.74) is 1.63. The fraction of sp³-hybridized carbons (Fsp3) is 0.429. The maximum atomic E-state index is 13.5. The lowest BCUT2D eigenvalue weighted by atomic mass is 10.1. The minimum absolute atomic E-state index is 0.110. The van der Waals surface area contributed by atoms with Crippen molar-refractivity contribution < 1.29 is 4.39 Å². The maximum Gasteiger partial charge on any atom is 0.151 e. The van der Waals surface area contributed by atoms with Crippen molar-refractivity contribution in [3.8, 4) is 0 Å². The monoisotopic (exact) mass is 262 g/mol. The van der Waals surface area contributed by atoms with Crippen LogP contribution >= 0.6 is 0 Å². The van der Waals surface area contributed by atoms with Crippen LogP contribution in [0.25, 0.3) is 0 Å². The Labute approximate surface area is 112 Å². The molecule has 0 aliphatic rings. The first kappa shape index (κ1) is 13.7. The van der Waals surface area contributed by atoms with Crippen LogP contribution in [0.3, 0.4) is 0 Å². The minimum Gasteiger partial charge on any atom is -0.310 e. The maximum absolute atomic E-state index is 13.5. The summed E-state index contributed by atoms with van der Waals surface area (Å²) < 4.78 is 15.2. The Morgan fingerprint density at radius 1 is 1.42 bits per heavy atom. The van der Waals surface area contributed by atoms with E-state index in [1.165, 1.54) is 0 Å². The zero-order chi connectivity index (χ0) is 13.8. The van der Waals surface area contributed by atoms with Crippen LogP contribution in [0.1, 0.15) is 29.9 Å². The van der Waals surface area contributed by atoms with Gasteiger partial charge >= 0.3 is 0 Å². The Hall–Kier alpha value is -1.75. The molecule has 0 fully saturated rings. The number of rotatable bonds is 5. The van der Waals surface area contributed by atoms with Crippen LogP contribution < -0.4 is 5.32 Å². The number of aromatic nitrogens is 3. The molecule has 0 saturated carbocycles. The number of aryl methyl sites for hydroxylation is 2. The van der Waals surface area contributed by atoms with E-state index >= 15 is 0 Å². The molecule has 0 aliphatic carbocycles. The van der Waals surface area contributed by atoms with E-state index in [1.807, 2.05) is 26.1 Å². The molecular formula is C14H19FN4. The summed E-state index contributed by atoms with van der Waals surface area (Å²) in [6, 6.07) is 5.46. The molecular weight excluding hydrogens is 243 g/mol. The standard InChI is InChI=1S/C14H19FN4/c1-10-4-5-12(8-13(10)15)11(2)16-7-6-14-17-9-19(3)18-14/h4-5,8-9,11,16H,6-7H2,1-3H3. The molecule has 2 rings (SSSR count). The highest BCUT2D eigenvalue weighted by Crippen LogP contribution is 2.16. The average Bonchev–Trinajstić information content (AvgIpc) is 2.78. The molecule has 1 N–H and O–H groups in total. The zero-order valence-electron chi connectivity index (χ0n) is 11.5. The number of benzene rings is 1. The van der Waals surface area contributed by atoms with Gasteiger partial charge < -0.3 is 5.32 Å². The average molecular weight is 262 g/mol. The van der Waals surface area contributed by atoms with Crippen LogP contribution in [-0.2, 0) is 13.5 Å². The second kappa shape index (κ2) is 5.93. The third kappa shape index (κ3) is 3.61. The summed E-state index contributed by atoms with van der Waals surface area (Å²) in [6.45, 7) is 4.56. The van der Waals surface area contributed by atoms with Gasteiger partial charge in [-0.25, -0.2) is 9.37 Å². The summed E-state index contributed by atoms with van der Waals surface area (Å²) in [5, 5.41) is 7.56. The third-order valence-corrected chi connectivity index (χ3v) is 3.14. The normalized spacial score (nSPS) is 12.6. The van der Waals surface area contributed by atoms with Crippen LogP contribution in [0, 0.1) is 12.7 Å². The predicted molar refractivity (Wildman–Crippen MR) is 72.3 cm³/mol. The first-order valence-electron chi connectivity index (χ1n) is 6.40. The van der Waals surface area contributed by atoms with Crippen molar-refractivity contribution in [3.63, 3.8) is 0 Å². The van der Waals surface area contributed by atoms with Gasteiger partial charge in [-0.05, 0) is 31.0 Å². The number of nitrogens with zero attached hydrogens (tertiary/aromatic N) is 3. The molecule has 0 bridgehead atoms. The lowest BCUT2D eigenvalue weighted by molar-refractivity contribution is 0.559. The first-order chi connectivity index (χ1) is 9.06. The molecule has 0 saturated heterocycles. The molecule has 5 heteroatoms. The molecule has 19 heavy (non-hydrogen) atoms. The highest BCUT2D eigenvalue weighted by atomic mass is 19.1. The topological polar surface area (TPSA) is 42.7 Å². The molecule has 2 aromatic rings. The van der Waals surface area contributed by atoms with E-state index in [2.05, 4.69) is 15.4 Å². The fourth-order valence-electron chi connectivity index (χ4n) is 1.90. The Morgan fingerprint density at radius 2 is 2.21 bits per heavy atom. The number of halogens is 1. The molecule has 102 valence electrons. The van der Waals surface area contributed by atoms with E-state index in [-0.39, 0.29) is 11.9 Å². The van der Waals surface area contributed by atoms with E-state index in [0.29, 0.717) is 5.56 Å². The smallest absolute Gasteiger partial charge is 0.151 e. The molecule has 1 aromatic heterocycles. The highest BCUT2D eigenvalue weighted by molar-refractivity contribution is 5.25. The van der Waals surface area contributed by atoms with Gasteiger partial charge in [0.2, 0.25) is 0 Å². The Balaban J connectivity index is 1.86. The van der Waals surface area contributed by atoms with Crippen molar-refractivity contribution in [1.82, 2.24) is 20.1 Å². The van der Waals surface area contributed by atoms with E-state index in [0.717, 1.165) is 24.4 Å². The van der Waals surface area contributed by atoms with Crippen molar-refractivity contribution in [3.05, 3.63) is 47.3 Å². The second-order valence-electron chi connectivity index (χ2n) is 4.77. The largest absolute Gasteiger partial charge is 0.310 e. The lowest BCUT2D eigenvalue weighted by Crippen LogP contribution is -2.22. The van der Waals surface area contributed by atoms with Crippen LogP contribution in [0.15, 0.2) is 24.5 Å². The van der Waals surface area contributed by atoms with Gasteiger partial charge in [0.25, 0.3) is 0 Å². The summed E-state index contributed by atoms with van der Waals surface area (Å²) in [7, 11) is 1.85. The molecule has 0 aliphatic heterocycles. The van der Waals surface area contributed by atoms with Crippen LogP contribution in [-0.4, -0.2) is 21.3 Å². The van der Waals surface area contributed by atoms with Gasteiger partial charge in [-0.15, -0.1) is 0 Å². The Bertz CT molecular complexity index is 550.